The molecule has 1 aliphatic rings. The summed E-state index contributed by atoms with van der Waals surface area (Å²) < 4.78 is 5.18. The fourth-order valence-corrected chi connectivity index (χ4v) is 1.73. The van der Waals surface area contributed by atoms with Crippen molar-refractivity contribution in [3.05, 3.63) is 0 Å². The number of nitrogens with zero attached hydrogens (tertiary/aromatic N) is 1. The van der Waals surface area contributed by atoms with E-state index in [-0.39, 0.29) is 0 Å². The topological polar surface area (TPSA) is 66.8 Å². The van der Waals surface area contributed by atoms with E-state index in [1.54, 1.807) is 20.8 Å². The first kappa shape index (κ1) is 12.8. The number of carbonyl (C=O) groups is 2. The lowest BCUT2D eigenvalue weighted by Crippen LogP contribution is -2.49. The van der Waals surface area contributed by atoms with Crippen LogP contribution in [0, 0.1) is 0 Å². The molecule has 16 heavy (non-hydrogen) atoms. The minimum absolute atomic E-state index is 0.464. The van der Waals surface area contributed by atoms with Gasteiger partial charge in [0.25, 0.3) is 0 Å². The number of aliphatic carboxylic acids is 1. The monoisotopic (exact) mass is 230 g/mol. The third-order valence-electron chi connectivity index (χ3n) is 2.42. The molecule has 1 aliphatic heterocycles. The Balaban J connectivity index is 2.68. The lowest BCUT2D eigenvalue weighted by atomic mass is 10.1. The van der Waals surface area contributed by atoms with Gasteiger partial charge in [-0.3, -0.25) is 4.90 Å². The summed E-state index contributed by atoms with van der Waals surface area (Å²) in [4.78, 5) is 24.1. The molecule has 0 aromatic heterocycles. The number of carboxylic acid groups (broad SMARTS) is 1. The van der Waals surface area contributed by atoms with Crippen molar-refractivity contribution >= 4 is 12.1 Å². The number of carbonyl (C=O) groups excluding carboxylic acids is 1. The second kappa shape index (κ2) is 4.72. The third-order valence-corrected chi connectivity index (χ3v) is 2.42. The van der Waals surface area contributed by atoms with Gasteiger partial charge >= 0.3 is 12.1 Å². The van der Waals surface area contributed by atoms with Gasteiger partial charge in [-0.15, -0.1) is 0 Å². The molecule has 0 saturated carbocycles. The highest BCUT2D eigenvalue weighted by molar-refractivity contribution is 5.80. The summed E-state index contributed by atoms with van der Waals surface area (Å²) in [7, 11) is 0. The normalized spacial score (nSPS) is 21.7. The molecule has 1 heterocycles. The number of hydrogen-bond acceptors (Lipinski definition) is 3. The molecule has 5 nitrogen and oxygen atoms in total. The van der Waals surface area contributed by atoms with Gasteiger partial charge in [0.1, 0.15) is 11.6 Å². The molecule has 0 aromatic carbocycles. The molecule has 1 amide bonds. The number of ether oxygens (including phenoxy) is 1. The quantitative estimate of drug-likeness (QED) is 0.698. The van der Waals surface area contributed by atoms with Gasteiger partial charge in [-0.1, -0.05) is 0 Å². The van der Waals surface area contributed by atoms with E-state index >= 15 is 0 Å². The molecular formula is C11H19NO4. The van der Waals surface area contributed by atoms with Crippen molar-refractivity contribution in [2.45, 2.75) is 51.7 Å². The molecule has 0 aromatic rings. The van der Waals surface area contributed by atoms with Gasteiger partial charge in [0.05, 0.1) is 0 Å². The van der Waals surface area contributed by atoms with Crippen LogP contribution in [-0.2, 0) is 9.53 Å². The summed E-state index contributed by atoms with van der Waals surface area (Å²) in [6.45, 7) is 5.77. The van der Waals surface area contributed by atoms with E-state index in [4.69, 9.17) is 9.84 Å². The van der Waals surface area contributed by atoms with Gasteiger partial charge in [-0.25, -0.2) is 9.59 Å². The van der Waals surface area contributed by atoms with Crippen LogP contribution in [0.15, 0.2) is 0 Å². The van der Waals surface area contributed by atoms with E-state index in [0.717, 1.165) is 12.8 Å². The summed E-state index contributed by atoms with van der Waals surface area (Å²) in [6.07, 6.45) is 1.66. The van der Waals surface area contributed by atoms with Crippen LogP contribution in [0.4, 0.5) is 4.79 Å². The molecule has 0 unspecified atom stereocenters. The Labute approximate surface area is 95.4 Å². The van der Waals surface area contributed by atoms with Crippen molar-refractivity contribution < 1.29 is 19.4 Å². The van der Waals surface area contributed by atoms with E-state index in [9.17, 15) is 9.59 Å². The Morgan fingerprint density at radius 3 is 2.44 bits per heavy atom. The molecule has 0 radical (unpaired) electrons. The Bertz CT molecular complexity index is 282. The Kier molecular flexibility index (Phi) is 3.78. The largest absolute Gasteiger partial charge is 0.480 e. The second-order valence-electron chi connectivity index (χ2n) is 5.02. The van der Waals surface area contributed by atoms with Crippen molar-refractivity contribution in [3.8, 4) is 0 Å². The highest BCUT2D eigenvalue weighted by Crippen LogP contribution is 2.20. The highest BCUT2D eigenvalue weighted by atomic mass is 16.6. The van der Waals surface area contributed by atoms with Crippen molar-refractivity contribution in [2.75, 3.05) is 6.54 Å². The summed E-state index contributed by atoms with van der Waals surface area (Å²) in [6, 6.07) is -0.733. The summed E-state index contributed by atoms with van der Waals surface area (Å²) >= 11 is 0. The fraction of sp³-hybridized carbons (Fsp3) is 0.818. The first-order chi connectivity index (χ1) is 7.31. The van der Waals surface area contributed by atoms with Gasteiger partial charge in [-0.2, -0.15) is 0 Å². The maximum absolute atomic E-state index is 11.8. The third kappa shape index (κ3) is 3.40. The van der Waals surface area contributed by atoms with Crippen LogP contribution < -0.4 is 0 Å². The molecule has 1 fully saturated rings. The molecule has 1 atom stereocenters. The lowest BCUT2D eigenvalue weighted by Gasteiger charge is -2.34. The van der Waals surface area contributed by atoms with Gasteiger partial charge < -0.3 is 9.84 Å². The zero-order valence-electron chi connectivity index (χ0n) is 10.0. The first-order valence-corrected chi connectivity index (χ1v) is 5.54. The Morgan fingerprint density at radius 2 is 1.94 bits per heavy atom. The zero-order valence-corrected chi connectivity index (χ0v) is 10.0. The molecule has 0 spiro atoms. The van der Waals surface area contributed by atoms with Crippen molar-refractivity contribution in [3.63, 3.8) is 0 Å². The number of rotatable bonds is 1. The minimum Gasteiger partial charge on any atom is -0.480 e. The molecule has 1 saturated heterocycles. The molecular weight excluding hydrogens is 211 g/mol. The molecule has 0 bridgehead atoms. The SMILES string of the molecule is CC(C)(C)OC(=O)N1CCCC[C@@H]1[13C](=O)O. The molecule has 1 rings (SSSR count). The van der Waals surface area contributed by atoms with Crippen molar-refractivity contribution in [2.24, 2.45) is 0 Å². The standard InChI is InChI=1S/C11H19NO4/c1-11(2,3)16-10(15)12-7-5-4-6-8(12)9(13)14/h8H,4-7H2,1-3H3,(H,13,14)/t8-/m1/s1/i9+1. The summed E-state index contributed by atoms with van der Waals surface area (Å²) in [5.41, 5.74) is -0.586. The molecule has 0 aliphatic carbocycles. The second-order valence-corrected chi connectivity index (χ2v) is 5.02. The van der Waals surface area contributed by atoms with Crippen LogP contribution in [-0.4, -0.2) is 40.3 Å². The molecule has 5 heteroatoms. The predicted octanol–water partition coefficient (Wildman–Crippen LogP) is 1.86. The average Bonchev–Trinajstić information content (AvgIpc) is 2.15. The van der Waals surface area contributed by atoms with E-state index in [1.807, 2.05) is 0 Å². The van der Waals surface area contributed by atoms with E-state index in [2.05, 4.69) is 0 Å². The molecule has 1 N–H and O–H groups in total. The summed E-state index contributed by atoms with van der Waals surface area (Å²) in [5.74, 6) is -0.953. The van der Waals surface area contributed by atoms with Crippen molar-refractivity contribution in [1.82, 2.24) is 4.90 Å². The van der Waals surface area contributed by atoms with Crippen LogP contribution in [0.3, 0.4) is 0 Å². The van der Waals surface area contributed by atoms with Gasteiger partial charge in [-0.05, 0) is 40.0 Å². The number of amides is 1. The number of piperidine rings is 1. The highest BCUT2D eigenvalue weighted by Gasteiger charge is 2.34. The smallest absolute Gasteiger partial charge is 0.411 e. The maximum atomic E-state index is 11.8. The van der Waals surface area contributed by atoms with Crippen LogP contribution in [0.5, 0.6) is 0 Å². The van der Waals surface area contributed by atoms with Crippen LogP contribution in [0.2, 0.25) is 0 Å². The Hall–Kier alpha value is -1.26. The van der Waals surface area contributed by atoms with Crippen LogP contribution in [0.25, 0.3) is 0 Å². The summed E-state index contributed by atoms with van der Waals surface area (Å²) in [5, 5.41) is 9.01. The molecule has 92 valence electrons. The van der Waals surface area contributed by atoms with E-state index < -0.39 is 23.7 Å². The van der Waals surface area contributed by atoms with Gasteiger partial charge in [0, 0.05) is 6.54 Å². The lowest BCUT2D eigenvalue weighted by molar-refractivity contribution is -0.144. The van der Waals surface area contributed by atoms with Gasteiger partial charge in [0.2, 0.25) is 0 Å². The number of likely N-dealkylation sites (tertiary alicyclic amines) is 1. The van der Waals surface area contributed by atoms with Crippen molar-refractivity contribution in [1.29, 1.82) is 0 Å². The average molecular weight is 230 g/mol. The van der Waals surface area contributed by atoms with Crippen LogP contribution in [0.1, 0.15) is 40.0 Å². The number of hydrogen-bond donors (Lipinski definition) is 1. The Morgan fingerprint density at radius 1 is 1.31 bits per heavy atom. The fourth-order valence-electron chi connectivity index (χ4n) is 1.73. The van der Waals surface area contributed by atoms with E-state index in [0.29, 0.717) is 13.0 Å². The van der Waals surface area contributed by atoms with Gasteiger partial charge in [0.15, 0.2) is 0 Å². The number of carboxylic acids is 1. The maximum Gasteiger partial charge on any atom is 0.411 e. The van der Waals surface area contributed by atoms with E-state index in [1.165, 1.54) is 4.90 Å². The predicted molar refractivity (Wildman–Crippen MR) is 58.2 cm³/mol. The first-order valence-electron chi connectivity index (χ1n) is 5.54. The minimum atomic E-state index is -0.953. The van der Waals surface area contributed by atoms with Crippen LogP contribution >= 0.6 is 0 Å². The zero-order chi connectivity index (χ0) is 12.3.